The molecule has 0 bridgehead atoms. The zero-order chi connectivity index (χ0) is 7.68. The molecule has 0 aliphatic carbocycles. The largest absolute Gasteiger partial charge is 0.392 e. The maximum absolute atomic E-state index is 8.73. The van der Waals surface area contributed by atoms with Gasteiger partial charge < -0.3 is 5.11 Å². The highest BCUT2D eigenvalue weighted by Gasteiger charge is 2.15. The van der Waals surface area contributed by atoms with Crippen LogP contribution in [0, 0.1) is 0 Å². The number of benzene rings is 1. The molecule has 0 unspecified atom stereocenters. The highest BCUT2D eigenvalue weighted by molar-refractivity contribution is 5.42. The van der Waals surface area contributed by atoms with E-state index in [2.05, 4.69) is 14.8 Å². The molecule has 1 aromatic rings. The van der Waals surface area contributed by atoms with E-state index in [0.29, 0.717) is 11.5 Å². The zero-order valence-corrected chi connectivity index (χ0v) is 5.61. The lowest BCUT2D eigenvalue weighted by Crippen LogP contribution is -1.88. The summed E-state index contributed by atoms with van der Waals surface area (Å²) in [5.41, 5.74) is 0.762. The smallest absolute Gasteiger partial charge is 0.216 e. The molecule has 1 heterocycles. The van der Waals surface area contributed by atoms with Crippen LogP contribution in [0.25, 0.3) is 0 Å². The van der Waals surface area contributed by atoms with Gasteiger partial charge in [-0.3, -0.25) is 9.78 Å². The van der Waals surface area contributed by atoms with Crippen LogP contribution < -0.4 is 9.78 Å². The molecule has 0 aromatic heterocycles. The quantitative estimate of drug-likeness (QED) is 0.607. The average Bonchev–Trinajstić information content (AvgIpc) is 2.50. The molecule has 58 valence electrons. The molecule has 4 heteroatoms. The maximum atomic E-state index is 8.73. The second-order valence-electron chi connectivity index (χ2n) is 2.17. The monoisotopic (exact) mass is 154 g/mol. The Hall–Kier alpha value is -1.26. The molecule has 0 radical (unpaired) electrons. The summed E-state index contributed by atoms with van der Waals surface area (Å²) in [7, 11) is 0. The lowest BCUT2D eigenvalue weighted by Gasteiger charge is -1.94. The molecule has 1 N–H and O–H groups in total. The van der Waals surface area contributed by atoms with E-state index in [4.69, 9.17) is 5.11 Å². The minimum Gasteiger partial charge on any atom is -0.392 e. The van der Waals surface area contributed by atoms with E-state index in [1.165, 1.54) is 0 Å². The van der Waals surface area contributed by atoms with Gasteiger partial charge in [-0.25, -0.2) is 0 Å². The van der Waals surface area contributed by atoms with Crippen LogP contribution in [0.1, 0.15) is 5.56 Å². The molecule has 2 rings (SSSR count). The Kier molecular flexibility index (Phi) is 1.41. The molecule has 11 heavy (non-hydrogen) atoms. The Balaban J connectivity index is 2.41. The van der Waals surface area contributed by atoms with Crippen LogP contribution in [0.15, 0.2) is 18.2 Å². The molecule has 0 fully saturated rings. The normalized spacial score (nSPS) is 13.5. The second-order valence-corrected chi connectivity index (χ2v) is 2.17. The summed E-state index contributed by atoms with van der Waals surface area (Å²) in [4.78, 5) is 9.20. The van der Waals surface area contributed by atoms with Crippen LogP contribution in [-0.4, -0.2) is 5.11 Å². The third-order valence-electron chi connectivity index (χ3n) is 1.44. The fourth-order valence-electron chi connectivity index (χ4n) is 0.875. The number of fused-ring (bicyclic) bond motifs is 1. The van der Waals surface area contributed by atoms with Gasteiger partial charge >= 0.3 is 0 Å². The Morgan fingerprint density at radius 3 is 2.82 bits per heavy atom. The topological polar surface area (TPSA) is 47.9 Å². The van der Waals surface area contributed by atoms with Crippen molar-refractivity contribution in [1.29, 1.82) is 0 Å². The van der Waals surface area contributed by atoms with Gasteiger partial charge in [0, 0.05) is 5.04 Å². The van der Waals surface area contributed by atoms with Crippen LogP contribution in [-0.2, 0) is 11.6 Å². The van der Waals surface area contributed by atoms with Gasteiger partial charge in [-0.1, -0.05) is 6.07 Å². The van der Waals surface area contributed by atoms with Crippen molar-refractivity contribution in [2.24, 2.45) is 0 Å². The van der Waals surface area contributed by atoms with Crippen molar-refractivity contribution in [3.63, 3.8) is 0 Å². The molecule has 1 aliphatic rings. The molecule has 4 nitrogen and oxygen atoms in total. The van der Waals surface area contributed by atoms with Gasteiger partial charge in [0.25, 0.3) is 0 Å². The minimum absolute atomic E-state index is 0.0172. The molecular weight excluding hydrogens is 148 g/mol. The van der Waals surface area contributed by atoms with E-state index >= 15 is 0 Å². The van der Waals surface area contributed by atoms with E-state index in [1.807, 2.05) is 0 Å². The van der Waals surface area contributed by atoms with Crippen molar-refractivity contribution in [3.8, 4) is 11.5 Å². The minimum atomic E-state index is -0.0172. The standard InChI is InChI=1S/C7H6O4/c8-4-5-1-2-6-7(3-5)10-11-9-6/h1-3,8H,4H2. The van der Waals surface area contributed by atoms with Crippen molar-refractivity contribution in [3.05, 3.63) is 23.8 Å². The van der Waals surface area contributed by atoms with Gasteiger partial charge in [0.2, 0.25) is 11.5 Å². The predicted molar refractivity (Wildman–Crippen MR) is 34.7 cm³/mol. The summed E-state index contributed by atoms with van der Waals surface area (Å²) in [6.45, 7) is -0.0172. The van der Waals surface area contributed by atoms with E-state index in [-0.39, 0.29) is 6.61 Å². The first kappa shape index (κ1) is 6.45. The zero-order valence-electron chi connectivity index (χ0n) is 5.61. The summed E-state index contributed by atoms with van der Waals surface area (Å²) in [5.74, 6) is 1.03. The van der Waals surface area contributed by atoms with Crippen LogP contribution in [0.3, 0.4) is 0 Å². The van der Waals surface area contributed by atoms with Crippen LogP contribution >= 0.6 is 0 Å². The Morgan fingerprint density at radius 2 is 2.00 bits per heavy atom. The highest BCUT2D eigenvalue weighted by atomic mass is 17.5. The third-order valence-corrected chi connectivity index (χ3v) is 1.44. The summed E-state index contributed by atoms with van der Waals surface area (Å²) in [5, 5.41) is 13.0. The molecular formula is C7H6O4. The average molecular weight is 154 g/mol. The van der Waals surface area contributed by atoms with Gasteiger partial charge in [-0.15, -0.1) is 0 Å². The second kappa shape index (κ2) is 2.41. The molecule has 0 saturated heterocycles. The van der Waals surface area contributed by atoms with Crippen molar-refractivity contribution < 1.29 is 19.9 Å². The van der Waals surface area contributed by atoms with Gasteiger partial charge in [0.05, 0.1) is 6.61 Å². The molecule has 1 aromatic carbocycles. The molecule has 0 saturated carbocycles. The molecule has 0 amide bonds. The first-order valence-electron chi connectivity index (χ1n) is 3.15. The number of hydrogen-bond acceptors (Lipinski definition) is 4. The van der Waals surface area contributed by atoms with Crippen molar-refractivity contribution >= 4 is 0 Å². The Bertz CT molecular complexity index is 271. The predicted octanol–water partition coefficient (Wildman–Crippen LogP) is 0.797. The van der Waals surface area contributed by atoms with Crippen LogP contribution in [0.2, 0.25) is 0 Å². The summed E-state index contributed by atoms with van der Waals surface area (Å²) < 4.78 is 0. The van der Waals surface area contributed by atoms with Crippen molar-refractivity contribution in [2.75, 3.05) is 0 Å². The van der Waals surface area contributed by atoms with Crippen molar-refractivity contribution in [1.82, 2.24) is 0 Å². The maximum Gasteiger partial charge on any atom is 0.216 e. The van der Waals surface area contributed by atoms with Crippen molar-refractivity contribution in [2.45, 2.75) is 6.61 Å². The Labute approximate surface area is 62.8 Å². The van der Waals surface area contributed by atoms with Gasteiger partial charge in [0.15, 0.2) is 0 Å². The van der Waals surface area contributed by atoms with Gasteiger partial charge in [0.1, 0.15) is 0 Å². The number of rotatable bonds is 1. The van der Waals surface area contributed by atoms with Gasteiger partial charge in [-0.2, -0.15) is 0 Å². The lowest BCUT2D eigenvalue weighted by atomic mass is 10.2. The molecule has 0 spiro atoms. The van der Waals surface area contributed by atoms with E-state index in [1.54, 1.807) is 18.2 Å². The van der Waals surface area contributed by atoms with E-state index < -0.39 is 0 Å². The van der Waals surface area contributed by atoms with Gasteiger partial charge in [-0.05, 0) is 17.7 Å². The lowest BCUT2D eigenvalue weighted by molar-refractivity contribution is -0.384. The molecule has 0 atom stereocenters. The number of aliphatic hydroxyl groups is 1. The SMILES string of the molecule is OCc1ccc2c(c1)OOO2. The first-order chi connectivity index (χ1) is 5.40. The van der Waals surface area contributed by atoms with E-state index in [9.17, 15) is 0 Å². The first-order valence-corrected chi connectivity index (χ1v) is 3.15. The van der Waals surface area contributed by atoms with E-state index in [0.717, 1.165) is 5.56 Å². The summed E-state index contributed by atoms with van der Waals surface area (Å²) in [6.07, 6.45) is 0. The Morgan fingerprint density at radius 1 is 1.18 bits per heavy atom. The number of aliphatic hydroxyl groups excluding tert-OH is 1. The summed E-state index contributed by atoms with van der Waals surface area (Å²) >= 11 is 0. The van der Waals surface area contributed by atoms with Crippen LogP contribution in [0.4, 0.5) is 0 Å². The fraction of sp³-hybridized carbons (Fsp3) is 0.143. The number of hydrogen-bond donors (Lipinski definition) is 1. The highest BCUT2D eigenvalue weighted by Crippen LogP contribution is 2.32. The third kappa shape index (κ3) is 1.02. The summed E-state index contributed by atoms with van der Waals surface area (Å²) in [6, 6.07) is 5.06. The van der Waals surface area contributed by atoms with Crippen LogP contribution in [0.5, 0.6) is 11.5 Å². The fourth-order valence-corrected chi connectivity index (χ4v) is 0.875. The molecule has 1 aliphatic heterocycles.